The number of likely N-dealkylation sites (N-methyl/N-ethyl adjacent to an activating group) is 1. The molecule has 4 rings (SSSR count). The van der Waals surface area contributed by atoms with E-state index in [1.807, 2.05) is 27.7 Å². The van der Waals surface area contributed by atoms with Crippen LogP contribution in [0.4, 0.5) is 5.69 Å². The van der Waals surface area contributed by atoms with Crippen LogP contribution in [0.15, 0.2) is 36.5 Å². The van der Waals surface area contributed by atoms with Crippen molar-refractivity contribution < 1.29 is 14.6 Å². The van der Waals surface area contributed by atoms with Crippen LogP contribution in [0.5, 0.6) is 0 Å². The van der Waals surface area contributed by atoms with Crippen LogP contribution in [0.1, 0.15) is 43.6 Å². The van der Waals surface area contributed by atoms with Gasteiger partial charge in [-0.3, -0.25) is 0 Å². The molecule has 0 aliphatic carbocycles. The van der Waals surface area contributed by atoms with Crippen molar-refractivity contribution >= 4 is 22.6 Å². The number of hydrogen-bond donors (Lipinski definition) is 1. The van der Waals surface area contributed by atoms with Crippen LogP contribution in [0.3, 0.4) is 0 Å². The molecule has 1 aliphatic rings. The fraction of sp³-hybridized carbons (Fsp3) is 0.400. The molecule has 0 fully saturated rings. The van der Waals surface area contributed by atoms with Gasteiger partial charge in [0.15, 0.2) is 6.10 Å². The van der Waals surface area contributed by atoms with Crippen LogP contribution in [0, 0.1) is 13.8 Å². The second kappa shape index (κ2) is 7.17. The fourth-order valence-corrected chi connectivity index (χ4v) is 4.54. The number of aromatic nitrogens is 1. The zero-order valence-electron chi connectivity index (χ0n) is 18.6. The summed E-state index contributed by atoms with van der Waals surface area (Å²) < 4.78 is 8.41. The number of benzene rings is 2. The maximum Gasteiger partial charge on any atom is 0.337 e. The van der Waals surface area contributed by atoms with Crippen molar-refractivity contribution in [2.45, 2.75) is 52.9 Å². The molecule has 1 atom stereocenters. The van der Waals surface area contributed by atoms with Crippen molar-refractivity contribution in [1.29, 1.82) is 0 Å². The Labute approximate surface area is 177 Å². The minimum absolute atomic E-state index is 0.593. The molecule has 1 N–H and O–H groups in total. The van der Waals surface area contributed by atoms with Crippen molar-refractivity contribution in [2.75, 3.05) is 18.5 Å². The number of anilines is 1. The molecular weight excluding hydrogens is 376 g/mol. The van der Waals surface area contributed by atoms with Gasteiger partial charge < -0.3 is 19.3 Å². The predicted molar refractivity (Wildman–Crippen MR) is 121 cm³/mol. The summed E-state index contributed by atoms with van der Waals surface area (Å²) in [5.41, 5.74) is 6.52. The summed E-state index contributed by atoms with van der Waals surface area (Å²) in [5, 5.41) is 11.3. The molecule has 0 saturated carbocycles. The Morgan fingerprint density at radius 3 is 2.37 bits per heavy atom. The highest BCUT2D eigenvalue weighted by Gasteiger charge is 2.34. The first-order valence-corrected chi connectivity index (χ1v) is 10.4. The van der Waals surface area contributed by atoms with E-state index in [0.29, 0.717) is 0 Å². The molecule has 0 radical (unpaired) electrons. The third-order valence-corrected chi connectivity index (χ3v) is 5.84. The minimum Gasteiger partial charge on any atom is -0.479 e. The van der Waals surface area contributed by atoms with Crippen molar-refractivity contribution in [3.63, 3.8) is 0 Å². The van der Waals surface area contributed by atoms with Crippen LogP contribution in [-0.4, -0.2) is 34.8 Å². The topological polar surface area (TPSA) is 54.7 Å². The molecule has 0 bridgehead atoms. The second-order valence-electron chi connectivity index (χ2n) is 9.27. The largest absolute Gasteiger partial charge is 0.479 e. The first kappa shape index (κ1) is 20.5. The zero-order valence-corrected chi connectivity index (χ0v) is 18.6. The van der Waals surface area contributed by atoms with Crippen LogP contribution in [0.25, 0.3) is 22.0 Å². The molecule has 3 aromatic rings. The van der Waals surface area contributed by atoms with Gasteiger partial charge in [0.2, 0.25) is 0 Å². The number of carbonyl (C=O) groups is 1. The van der Waals surface area contributed by atoms with Gasteiger partial charge in [-0.25, -0.2) is 4.79 Å². The van der Waals surface area contributed by atoms with Gasteiger partial charge in [0.05, 0.1) is 16.8 Å². The number of carboxylic acids is 1. The van der Waals surface area contributed by atoms with E-state index in [0.717, 1.165) is 46.4 Å². The number of hydrogen-bond acceptors (Lipinski definition) is 3. The SMILES string of the molecule is Cc1ccc(-c2c([C@H](OC(C)(C)C)C(=O)O)c(C)c3c4c2ccn4CCN3C)cc1. The minimum atomic E-state index is -1.05. The van der Waals surface area contributed by atoms with Crippen LogP contribution in [-0.2, 0) is 16.1 Å². The van der Waals surface area contributed by atoms with Crippen molar-refractivity contribution in [3.05, 3.63) is 53.2 Å². The lowest BCUT2D eigenvalue weighted by Gasteiger charge is -2.33. The number of rotatable bonds is 4. The lowest BCUT2D eigenvalue weighted by Crippen LogP contribution is -2.31. The van der Waals surface area contributed by atoms with Gasteiger partial charge in [-0.05, 0) is 57.4 Å². The Kier molecular flexibility index (Phi) is 4.89. The van der Waals surface area contributed by atoms with Crippen LogP contribution in [0.2, 0.25) is 0 Å². The molecule has 0 saturated heterocycles. The van der Waals surface area contributed by atoms with Gasteiger partial charge in [0.1, 0.15) is 0 Å². The highest BCUT2D eigenvalue weighted by Crippen LogP contribution is 2.46. The summed E-state index contributed by atoms with van der Waals surface area (Å²) in [7, 11) is 2.08. The summed E-state index contributed by atoms with van der Waals surface area (Å²) >= 11 is 0. The number of aryl methyl sites for hydroxylation is 1. The van der Waals surface area contributed by atoms with Gasteiger partial charge in [-0.2, -0.15) is 0 Å². The third kappa shape index (κ3) is 3.37. The van der Waals surface area contributed by atoms with E-state index in [-0.39, 0.29) is 0 Å². The highest BCUT2D eigenvalue weighted by atomic mass is 16.5. The molecule has 30 heavy (non-hydrogen) atoms. The molecule has 158 valence electrons. The monoisotopic (exact) mass is 406 g/mol. The van der Waals surface area contributed by atoms with Gasteiger partial charge in [-0.15, -0.1) is 0 Å². The average Bonchev–Trinajstić information content (AvgIpc) is 3.08. The summed E-state index contributed by atoms with van der Waals surface area (Å²) in [6, 6.07) is 10.4. The molecule has 0 spiro atoms. The number of ether oxygens (including phenoxy) is 1. The molecule has 5 nitrogen and oxygen atoms in total. The first-order valence-electron chi connectivity index (χ1n) is 10.4. The maximum atomic E-state index is 12.5. The third-order valence-electron chi connectivity index (χ3n) is 5.84. The quantitative estimate of drug-likeness (QED) is 0.637. The smallest absolute Gasteiger partial charge is 0.337 e. The summed E-state index contributed by atoms with van der Waals surface area (Å²) in [6.45, 7) is 11.6. The summed E-state index contributed by atoms with van der Waals surface area (Å²) in [5.74, 6) is -0.967. The van der Waals surface area contributed by atoms with Crippen LogP contribution < -0.4 is 4.90 Å². The van der Waals surface area contributed by atoms with Crippen molar-refractivity contribution in [1.82, 2.24) is 4.57 Å². The van der Waals surface area contributed by atoms with Gasteiger partial charge >= 0.3 is 5.97 Å². The fourth-order valence-electron chi connectivity index (χ4n) is 4.54. The lowest BCUT2D eigenvalue weighted by molar-refractivity contribution is -0.160. The Hall–Kier alpha value is -2.79. The molecular formula is C25H30N2O3. The molecule has 0 unspecified atom stereocenters. The first-order chi connectivity index (χ1) is 14.1. The normalized spacial score (nSPS) is 14.9. The standard InChI is InChI=1S/C25H30N2O3/c1-15-7-9-17(10-8-15)20-18-11-12-27-14-13-26(6)21(22(18)27)16(2)19(20)23(24(28)29)30-25(3,4)5/h7-12,23H,13-14H2,1-6H3,(H,28,29)/t23-/m0/s1. The van der Waals surface area contributed by atoms with Crippen molar-refractivity contribution in [2.24, 2.45) is 0 Å². The predicted octanol–water partition coefficient (Wildman–Crippen LogP) is 5.32. The maximum absolute atomic E-state index is 12.5. The molecule has 1 aromatic heterocycles. The van der Waals surface area contributed by atoms with E-state index in [4.69, 9.17) is 4.74 Å². The van der Waals surface area contributed by atoms with E-state index in [2.05, 4.69) is 60.0 Å². The molecule has 5 heteroatoms. The molecule has 2 heterocycles. The van der Waals surface area contributed by atoms with E-state index in [9.17, 15) is 9.90 Å². The second-order valence-corrected chi connectivity index (χ2v) is 9.27. The van der Waals surface area contributed by atoms with E-state index in [1.165, 1.54) is 11.1 Å². The van der Waals surface area contributed by atoms with Gasteiger partial charge in [0.25, 0.3) is 0 Å². The van der Waals surface area contributed by atoms with Crippen LogP contribution >= 0.6 is 0 Å². The molecule has 0 amide bonds. The molecule has 2 aromatic carbocycles. The average molecular weight is 407 g/mol. The van der Waals surface area contributed by atoms with Gasteiger partial charge in [-0.1, -0.05) is 29.8 Å². The highest BCUT2D eigenvalue weighted by molar-refractivity contribution is 6.07. The zero-order chi connectivity index (χ0) is 21.8. The summed E-state index contributed by atoms with van der Waals surface area (Å²) in [4.78, 5) is 14.7. The lowest BCUT2D eigenvalue weighted by atomic mass is 9.87. The van der Waals surface area contributed by atoms with E-state index >= 15 is 0 Å². The van der Waals surface area contributed by atoms with E-state index < -0.39 is 17.7 Å². The Morgan fingerprint density at radius 1 is 1.10 bits per heavy atom. The molecule has 1 aliphatic heterocycles. The van der Waals surface area contributed by atoms with Gasteiger partial charge in [0, 0.05) is 37.3 Å². The number of aliphatic carboxylic acids is 1. The van der Waals surface area contributed by atoms with Crippen molar-refractivity contribution in [3.8, 4) is 11.1 Å². The number of carboxylic acid groups (broad SMARTS) is 1. The Bertz CT molecular complexity index is 1120. The Balaban J connectivity index is 2.12. The summed E-state index contributed by atoms with van der Waals surface area (Å²) in [6.07, 6.45) is 1.06. The van der Waals surface area contributed by atoms with E-state index in [1.54, 1.807) is 0 Å². The number of nitrogens with zero attached hydrogens (tertiary/aromatic N) is 2. The Morgan fingerprint density at radius 2 is 1.77 bits per heavy atom.